The van der Waals surface area contributed by atoms with Gasteiger partial charge >= 0.3 is 0 Å². The molecule has 0 aliphatic carbocycles. The summed E-state index contributed by atoms with van der Waals surface area (Å²) in [4.78, 5) is 12.2. The third kappa shape index (κ3) is 4.67. The van der Waals surface area contributed by atoms with Crippen LogP contribution in [0.5, 0.6) is 11.5 Å². The van der Waals surface area contributed by atoms with Crippen molar-refractivity contribution in [2.45, 2.75) is 20.0 Å². The normalized spacial score (nSPS) is 11.6. The molecule has 0 aromatic heterocycles. The molecule has 0 aliphatic heterocycles. The van der Waals surface area contributed by atoms with Crippen LogP contribution >= 0.6 is 11.6 Å². The van der Waals surface area contributed by atoms with Gasteiger partial charge in [-0.1, -0.05) is 23.7 Å². The zero-order valence-electron chi connectivity index (χ0n) is 12.5. The fourth-order valence-electron chi connectivity index (χ4n) is 1.87. The van der Waals surface area contributed by atoms with Gasteiger partial charge in [0.2, 0.25) is 0 Å². The highest BCUT2D eigenvalue weighted by molar-refractivity contribution is 6.30. The first-order chi connectivity index (χ1) is 10.6. The minimum absolute atomic E-state index is 0.242. The summed E-state index contributed by atoms with van der Waals surface area (Å²) in [7, 11) is 0. The molecular formula is C17H18ClNO3. The first kappa shape index (κ1) is 16.2. The van der Waals surface area contributed by atoms with Crippen LogP contribution in [0.4, 0.5) is 5.69 Å². The molecule has 4 nitrogen and oxygen atoms in total. The average molecular weight is 320 g/mol. The third-order valence-corrected chi connectivity index (χ3v) is 3.13. The number of amides is 1. The molecular weight excluding hydrogens is 302 g/mol. The van der Waals surface area contributed by atoms with Crippen LogP contribution in [0.15, 0.2) is 48.5 Å². The molecule has 0 unspecified atom stereocenters. The van der Waals surface area contributed by atoms with Crippen molar-refractivity contribution in [1.29, 1.82) is 0 Å². The Hall–Kier alpha value is -2.20. The number of halogens is 1. The second-order valence-electron chi connectivity index (χ2n) is 4.67. The van der Waals surface area contributed by atoms with E-state index in [0.717, 1.165) is 0 Å². The van der Waals surface area contributed by atoms with E-state index in [1.807, 2.05) is 19.1 Å². The first-order valence-electron chi connectivity index (χ1n) is 7.04. The summed E-state index contributed by atoms with van der Waals surface area (Å²) in [5.74, 6) is 1.02. The highest BCUT2D eigenvalue weighted by Crippen LogP contribution is 2.20. The van der Waals surface area contributed by atoms with E-state index in [2.05, 4.69) is 5.32 Å². The molecule has 1 amide bonds. The Bertz CT molecular complexity index is 645. The lowest BCUT2D eigenvalue weighted by molar-refractivity contribution is -0.122. The summed E-state index contributed by atoms with van der Waals surface area (Å²) in [5.41, 5.74) is 0.664. The van der Waals surface area contributed by atoms with Gasteiger partial charge in [0, 0.05) is 16.8 Å². The summed E-state index contributed by atoms with van der Waals surface area (Å²) >= 11 is 5.89. The first-order valence-corrected chi connectivity index (χ1v) is 7.42. The molecule has 2 rings (SSSR count). The maximum atomic E-state index is 12.2. The van der Waals surface area contributed by atoms with Crippen LogP contribution < -0.4 is 14.8 Å². The molecule has 2 aromatic rings. The minimum atomic E-state index is -0.644. The predicted molar refractivity (Wildman–Crippen MR) is 87.8 cm³/mol. The number of nitrogens with one attached hydrogen (secondary N) is 1. The molecule has 116 valence electrons. The second-order valence-corrected chi connectivity index (χ2v) is 5.10. The zero-order chi connectivity index (χ0) is 15.9. The van der Waals surface area contributed by atoms with E-state index in [-0.39, 0.29) is 5.91 Å². The molecule has 0 radical (unpaired) electrons. The number of benzene rings is 2. The van der Waals surface area contributed by atoms with Gasteiger partial charge in [0.15, 0.2) is 6.10 Å². The van der Waals surface area contributed by atoms with Gasteiger partial charge in [0.1, 0.15) is 11.5 Å². The quantitative estimate of drug-likeness (QED) is 0.870. The van der Waals surface area contributed by atoms with Crippen LogP contribution in [0.1, 0.15) is 13.8 Å². The summed E-state index contributed by atoms with van der Waals surface area (Å²) in [6.45, 7) is 4.17. The molecule has 1 N–H and O–H groups in total. The molecule has 1 atom stereocenters. The van der Waals surface area contributed by atoms with Crippen molar-refractivity contribution in [3.8, 4) is 11.5 Å². The Kier molecular flexibility index (Phi) is 5.67. The Balaban J connectivity index is 1.97. The highest BCUT2D eigenvalue weighted by Gasteiger charge is 2.15. The maximum Gasteiger partial charge on any atom is 0.265 e. The van der Waals surface area contributed by atoms with Gasteiger partial charge in [-0.05, 0) is 44.2 Å². The van der Waals surface area contributed by atoms with E-state index in [1.54, 1.807) is 43.3 Å². The topological polar surface area (TPSA) is 47.6 Å². The number of anilines is 1. The van der Waals surface area contributed by atoms with E-state index < -0.39 is 6.10 Å². The molecule has 0 spiro atoms. The van der Waals surface area contributed by atoms with E-state index >= 15 is 0 Å². The second kappa shape index (κ2) is 7.71. The Morgan fingerprint density at radius 3 is 2.64 bits per heavy atom. The van der Waals surface area contributed by atoms with Gasteiger partial charge < -0.3 is 14.8 Å². The summed E-state index contributed by atoms with van der Waals surface area (Å²) in [6, 6.07) is 14.2. The van der Waals surface area contributed by atoms with Crippen molar-refractivity contribution in [2.75, 3.05) is 11.9 Å². The van der Waals surface area contributed by atoms with Crippen molar-refractivity contribution < 1.29 is 14.3 Å². The van der Waals surface area contributed by atoms with Crippen LogP contribution in [-0.4, -0.2) is 18.6 Å². The smallest absolute Gasteiger partial charge is 0.265 e. The molecule has 2 aromatic carbocycles. The van der Waals surface area contributed by atoms with Crippen LogP contribution in [0.25, 0.3) is 0 Å². The summed E-state index contributed by atoms with van der Waals surface area (Å²) < 4.78 is 11.0. The Labute approximate surface area is 135 Å². The highest BCUT2D eigenvalue weighted by atomic mass is 35.5. The lowest BCUT2D eigenvalue weighted by Crippen LogP contribution is -2.30. The van der Waals surface area contributed by atoms with Crippen molar-refractivity contribution >= 4 is 23.2 Å². The number of hydrogen-bond acceptors (Lipinski definition) is 3. The van der Waals surface area contributed by atoms with Gasteiger partial charge in [-0.25, -0.2) is 0 Å². The maximum absolute atomic E-state index is 12.2. The van der Waals surface area contributed by atoms with Gasteiger partial charge in [0.05, 0.1) is 6.61 Å². The molecule has 0 fully saturated rings. The third-order valence-electron chi connectivity index (χ3n) is 2.89. The molecule has 5 heteroatoms. The van der Waals surface area contributed by atoms with Crippen molar-refractivity contribution in [3.05, 3.63) is 53.6 Å². The van der Waals surface area contributed by atoms with Crippen LogP contribution in [-0.2, 0) is 4.79 Å². The van der Waals surface area contributed by atoms with Gasteiger partial charge in [-0.3, -0.25) is 4.79 Å². The molecule has 0 aliphatic rings. The predicted octanol–water partition coefficient (Wildman–Crippen LogP) is 4.14. The van der Waals surface area contributed by atoms with Crippen LogP contribution in [0.3, 0.4) is 0 Å². The zero-order valence-corrected chi connectivity index (χ0v) is 13.3. The number of ether oxygens (including phenoxy) is 2. The van der Waals surface area contributed by atoms with Crippen LogP contribution in [0, 0.1) is 0 Å². The van der Waals surface area contributed by atoms with E-state index in [4.69, 9.17) is 21.1 Å². The van der Waals surface area contributed by atoms with Gasteiger partial charge in [0.25, 0.3) is 5.91 Å². The van der Waals surface area contributed by atoms with Crippen molar-refractivity contribution in [3.63, 3.8) is 0 Å². The van der Waals surface area contributed by atoms with Crippen LogP contribution in [0.2, 0.25) is 5.02 Å². The lowest BCUT2D eigenvalue weighted by atomic mass is 10.2. The minimum Gasteiger partial charge on any atom is -0.494 e. The summed E-state index contributed by atoms with van der Waals surface area (Å²) in [6.07, 6.45) is -0.644. The monoisotopic (exact) mass is 319 g/mol. The van der Waals surface area contributed by atoms with E-state index in [9.17, 15) is 4.79 Å². The molecule has 0 bridgehead atoms. The lowest BCUT2D eigenvalue weighted by Gasteiger charge is -2.15. The Morgan fingerprint density at radius 1 is 1.18 bits per heavy atom. The largest absolute Gasteiger partial charge is 0.494 e. The summed E-state index contributed by atoms with van der Waals surface area (Å²) in [5, 5.41) is 3.36. The van der Waals surface area contributed by atoms with E-state index in [0.29, 0.717) is 28.8 Å². The standard InChI is InChI=1S/C17H18ClNO3/c1-3-21-15-8-5-7-14(11-15)19-17(20)12(2)22-16-9-4-6-13(18)10-16/h4-12H,3H2,1-2H3,(H,19,20)/t12-/m0/s1. The number of carbonyl (C=O) groups is 1. The van der Waals surface area contributed by atoms with Crippen molar-refractivity contribution in [1.82, 2.24) is 0 Å². The fourth-order valence-corrected chi connectivity index (χ4v) is 2.05. The van der Waals surface area contributed by atoms with E-state index in [1.165, 1.54) is 0 Å². The number of rotatable bonds is 6. The number of hydrogen-bond donors (Lipinski definition) is 1. The molecule has 0 saturated heterocycles. The number of carbonyl (C=O) groups excluding carboxylic acids is 1. The average Bonchev–Trinajstić information content (AvgIpc) is 2.48. The van der Waals surface area contributed by atoms with Gasteiger partial charge in [-0.15, -0.1) is 0 Å². The van der Waals surface area contributed by atoms with Crippen molar-refractivity contribution in [2.24, 2.45) is 0 Å². The SMILES string of the molecule is CCOc1cccc(NC(=O)[C@H](C)Oc2cccc(Cl)c2)c1. The molecule has 0 heterocycles. The molecule has 0 saturated carbocycles. The molecule has 22 heavy (non-hydrogen) atoms. The van der Waals surface area contributed by atoms with Gasteiger partial charge in [-0.2, -0.15) is 0 Å². The Morgan fingerprint density at radius 2 is 1.91 bits per heavy atom. The fraction of sp³-hybridized carbons (Fsp3) is 0.235.